The Kier molecular flexibility index (Phi) is 8.19. The maximum absolute atomic E-state index is 12.3. The van der Waals surface area contributed by atoms with E-state index in [9.17, 15) is 4.79 Å². The fraction of sp³-hybridized carbons (Fsp3) is 0.333. The minimum atomic E-state index is -0.000652. The molecule has 1 aromatic heterocycles. The van der Waals surface area contributed by atoms with Gasteiger partial charge < -0.3 is 14.6 Å². The molecule has 182 valence electrons. The van der Waals surface area contributed by atoms with Crippen LogP contribution in [0.3, 0.4) is 0 Å². The van der Waals surface area contributed by atoms with Gasteiger partial charge >= 0.3 is 0 Å². The van der Waals surface area contributed by atoms with Crippen molar-refractivity contribution in [2.24, 2.45) is 0 Å². The Balaban J connectivity index is 1.28. The number of hydrogen-bond donors (Lipinski definition) is 1. The first kappa shape index (κ1) is 24.5. The topological polar surface area (TPSA) is 56.1 Å². The Morgan fingerprint density at radius 3 is 2.49 bits per heavy atom. The normalized spacial score (nSPS) is 11.1. The fourth-order valence-electron chi connectivity index (χ4n) is 4.51. The second-order valence-electron chi connectivity index (χ2n) is 9.28. The Bertz CT molecular complexity index is 1270. The Morgan fingerprint density at radius 1 is 0.886 bits per heavy atom. The van der Waals surface area contributed by atoms with Crippen LogP contribution >= 0.6 is 0 Å². The van der Waals surface area contributed by atoms with Crippen LogP contribution in [0.4, 0.5) is 0 Å². The summed E-state index contributed by atoms with van der Waals surface area (Å²) in [7, 11) is 0. The summed E-state index contributed by atoms with van der Waals surface area (Å²) in [6.45, 7) is 8.23. The molecule has 0 bridgehead atoms. The van der Waals surface area contributed by atoms with Gasteiger partial charge in [0.25, 0.3) is 5.91 Å². The van der Waals surface area contributed by atoms with Gasteiger partial charge in [-0.3, -0.25) is 4.79 Å². The minimum absolute atomic E-state index is 0.000652. The van der Waals surface area contributed by atoms with E-state index < -0.39 is 0 Å². The van der Waals surface area contributed by atoms with Crippen LogP contribution in [0.2, 0.25) is 0 Å². The molecular weight excluding hydrogens is 434 g/mol. The largest absolute Gasteiger partial charge is 0.492 e. The highest BCUT2D eigenvalue weighted by Crippen LogP contribution is 2.20. The lowest BCUT2D eigenvalue weighted by Gasteiger charge is -2.12. The summed E-state index contributed by atoms with van der Waals surface area (Å²) in [5, 5.41) is 3.03. The first-order valence-electron chi connectivity index (χ1n) is 12.5. The second-order valence-corrected chi connectivity index (χ2v) is 9.28. The van der Waals surface area contributed by atoms with Crippen LogP contribution in [0.1, 0.15) is 52.1 Å². The van der Waals surface area contributed by atoms with Crippen molar-refractivity contribution in [1.29, 1.82) is 0 Å². The van der Waals surface area contributed by atoms with Crippen LogP contribution in [0.15, 0.2) is 66.7 Å². The quantitative estimate of drug-likeness (QED) is 0.267. The zero-order chi connectivity index (χ0) is 24.6. The molecule has 4 aromatic rings. The SMILES string of the molecule is Cc1cc(C)cc(OCCn2c(CCCCCNC(=O)c3cccc(C)c3)nc3ccccc32)c1. The van der Waals surface area contributed by atoms with Crippen LogP contribution < -0.4 is 10.1 Å². The average molecular weight is 470 g/mol. The van der Waals surface area contributed by atoms with Crippen LogP contribution in [-0.2, 0) is 13.0 Å². The van der Waals surface area contributed by atoms with Gasteiger partial charge in [0.1, 0.15) is 18.2 Å². The molecule has 4 rings (SSSR count). The van der Waals surface area contributed by atoms with E-state index in [1.807, 2.05) is 37.3 Å². The molecule has 0 spiro atoms. The molecule has 0 aliphatic heterocycles. The third kappa shape index (κ3) is 6.72. The number of unbranched alkanes of at least 4 members (excludes halogenated alkanes) is 2. The smallest absolute Gasteiger partial charge is 0.251 e. The lowest BCUT2D eigenvalue weighted by molar-refractivity contribution is 0.0953. The molecule has 0 fully saturated rings. The van der Waals surface area contributed by atoms with Crippen molar-refractivity contribution in [3.8, 4) is 5.75 Å². The lowest BCUT2D eigenvalue weighted by atomic mass is 10.1. The third-order valence-electron chi connectivity index (χ3n) is 6.16. The van der Waals surface area contributed by atoms with Crippen molar-refractivity contribution in [2.75, 3.05) is 13.2 Å². The number of aryl methyl sites for hydroxylation is 4. The van der Waals surface area contributed by atoms with E-state index in [2.05, 4.69) is 60.1 Å². The maximum atomic E-state index is 12.3. The molecule has 1 amide bonds. The molecule has 0 saturated heterocycles. The van der Waals surface area contributed by atoms with Crippen molar-refractivity contribution in [3.63, 3.8) is 0 Å². The van der Waals surface area contributed by atoms with Gasteiger partial charge in [0, 0.05) is 18.5 Å². The number of nitrogens with one attached hydrogen (secondary N) is 1. The number of imidazole rings is 1. The van der Waals surface area contributed by atoms with Gasteiger partial charge in [0.2, 0.25) is 0 Å². The predicted molar refractivity (Wildman–Crippen MR) is 142 cm³/mol. The van der Waals surface area contributed by atoms with Crippen molar-refractivity contribution < 1.29 is 9.53 Å². The number of carbonyl (C=O) groups is 1. The third-order valence-corrected chi connectivity index (χ3v) is 6.16. The number of para-hydroxylation sites is 2. The van der Waals surface area contributed by atoms with E-state index in [-0.39, 0.29) is 5.91 Å². The molecule has 3 aromatic carbocycles. The molecule has 35 heavy (non-hydrogen) atoms. The van der Waals surface area contributed by atoms with Crippen LogP contribution in [0, 0.1) is 20.8 Å². The predicted octanol–water partition coefficient (Wildman–Crippen LogP) is 6.18. The van der Waals surface area contributed by atoms with Gasteiger partial charge in [-0.25, -0.2) is 4.98 Å². The first-order valence-corrected chi connectivity index (χ1v) is 12.5. The number of nitrogens with zero attached hydrogens (tertiary/aromatic N) is 2. The zero-order valence-corrected chi connectivity index (χ0v) is 21.0. The van der Waals surface area contributed by atoms with E-state index in [4.69, 9.17) is 9.72 Å². The molecule has 0 unspecified atom stereocenters. The maximum Gasteiger partial charge on any atom is 0.251 e. The summed E-state index contributed by atoms with van der Waals surface area (Å²) < 4.78 is 8.37. The van der Waals surface area contributed by atoms with Crippen molar-refractivity contribution in [1.82, 2.24) is 14.9 Å². The molecule has 1 N–H and O–H groups in total. The molecule has 5 nitrogen and oxygen atoms in total. The van der Waals surface area contributed by atoms with Crippen molar-refractivity contribution in [3.05, 3.63) is 94.8 Å². The monoisotopic (exact) mass is 469 g/mol. The molecule has 5 heteroatoms. The standard InChI is InChI=1S/C30H35N3O2/c1-22-10-9-11-25(19-22)30(34)31-15-8-4-5-14-29-32-27-12-6-7-13-28(27)33(29)16-17-35-26-20-23(2)18-24(3)21-26/h6-7,9-13,18-21H,4-5,8,14-17H2,1-3H3,(H,31,34). The summed E-state index contributed by atoms with van der Waals surface area (Å²) in [5.41, 5.74) is 6.42. The molecule has 0 atom stereocenters. The van der Waals surface area contributed by atoms with Crippen LogP contribution in [0.5, 0.6) is 5.75 Å². The number of rotatable bonds is 11. The number of fused-ring (bicyclic) bond motifs is 1. The van der Waals surface area contributed by atoms with Gasteiger partial charge in [0.15, 0.2) is 0 Å². The van der Waals surface area contributed by atoms with Gasteiger partial charge in [-0.15, -0.1) is 0 Å². The number of hydrogen-bond acceptors (Lipinski definition) is 3. The summed E-state index contributed by atoms with van der Waals surface area (Å²) >= 11 is 0. The number of carbonyl (C=O) groups excluding carboxylic acids is 1. The summed E-state index contributed by atoms with van der Waals surface area (Å²) in [4.78, 5) is 17.2. The van der Waals surface area contributed by atoms with Gasteiger partial charge in [-0.2, -0.15) is 0 Å². The molecule has 0 aliphatic carbocycles. The lowest BCUT2D eigenvalue weighted by Crippen LogP contribution is -2.24. The highest BCUT2D eigenvalue weighted by molar-refractivity contribution is 5.94. The van der Waals surface area contributed by atoms with E-state index in [1.165, 1.54) is 11.1 Å². The zero-order valence-electron chi connectivity index (χ0n) is 21.0. The summed E-state index contributed by atoms with van der Waals surface area (Å²) in [6.07, 6.45) is 3.93. The number of aromatic nitrogens is 2. The Labute approximate surface area is 208 Å². The van der Waals surface area contributed by atoms with Crippen molar-refractivity contribution in [2.45, 2.75) is 53.0 Å². The van der Waals surface area contributed by atoms with E-state index in [0.29, 0.717) is 13.2 Å². The van der Waals surface area contributed by atoms with Gasteiger partial charge in [-0.1, -0.05) is 42.3 Å². The van der Waals surface area contributed by atoms with Crippen molar-refractivity contribution >= 4 is 16.9 Å². The van der Waals surface area contributed by atoms with Gasteiger partial charge in [-0.05, 0) is 81.1 Å². The number of benzene rings is 3. The highest BCUT2D eigenvalue weighted by atomic mass is 16.5. The summed E-state index contributed by atoms with van der Waals surface area (Å²) in [5.74, 6) is 2.01. The van der Waals surface area contributed by atoms with Crippen LogP contribution in [-0.4, -0.2) is 28.6 Å². The Morgan fingerprint density at radius 2 is 1.69 bits per heavy atom. The highest BCUT2D eigenvalue weighted by Gasteiger charge is 2.11. The molecule has 0 radical (unpaired) electrons. The second kappa shape index (κ2) is 11.7. The average Bonchev–Trinajstić information content (AvgIpc) is 3.18. The van der Waals surface area contributed by atoms with Crippen LogP contribution in [0.25, 0.3) is 11.0 Å². The van der Waals surface area contributed by atoms with Gasteiger partial charge in [0.05, 0.1) is 17.6 Å². The van der Waals surface area contributed by atoms with E-state index >= 15 is 0 Å². The molecule has 0 saturated carbocycles. The fourth-order valence-corrected chi connectivity index (χ4v) is 4.51. The molecule has 0 aliphatic rings. The minimum Gasteiger partial charge on any atom is -0.492 e. The Hall–Kier alpha value is -3.60. The van der Waals surface area contributed by atoms with E-state index in [1.54, 1.807) is 0 Å². The number of ether oxygens (including phenoxy) is 1. The van der Waals surface area contributed by atoms with E-state index in [0.717, 1.165) is 66.0 Å². The number of amides is 1. The molecule has 1 heterocycles. The molecular formula is C30H35N3O2. The first-order chi connectivity index (χ1) is 17.0. The summed E-state index contributed by atoms with van der Waals surface area (Å²) in [6, 6.07) is 22.3.